The zero-order valence-corrected chi connectivity index (χ0v) is 9.66. The van der Waals surface area contributed by atoms with Crippen LogP contribution in [0.15, 0.2) is 5.38 Å². The third-order valence-electron chi connectivity index (χ3n) is 2.48. The van der Waals surface area contributed by atoms with Crippen LogP contribution >= 0.6 is 11.3 Å². The number of rotatable bonds is 3. The van der Waals surface area contributed by atoms with E-state index < -0.39 is 0 Å². The number of ether oxygens (including phenoxy) is 1. The van der Waals surface area contributed by atoms with E-state index in [2.05, 4.69) is 15.3 Å². The fourth-order valence-electron chi connectivity index (χ4n) is 1.74. The third-order valence-corrected chi connectivity index (χ3v) is 3.30. The van der Waals surface area contributed by atoms with Crippen molar-refractivity contribution in [3.63, 3.8) is 0 Å². The van der Waals surface area contributed by atoms with Gasteiger partial charge in [-0.05, 0) is 6.92 Å². The Morgan fingerprint density at radius 3 is 3.27 bits per heavy atom. The van der Waals surface area contributed by atoms with E-state index in [0.717, 1.165) is 30.3 Å². The number of aliphatic hydroxyl groups is 1. The van der Waals surface area contributed by atoms with E-state index in [1.54, 1.807) is 11.3 Å². The second-order valence-electron chi connectivity index (χ2n) is 3.77. The molecule has 0 saturated carbocycles. The molecule has 0 aromatic carbocycles. The molecule has 1 aliphatic heterocycles. The smallest absolute Gasteiger partial charge is 0.0933 e. The van der Waals surface area contributed by atoms with Crippen molar-refractivity contribution in [3.05, 3.63) is 16.1 Å². The number of nitrogens with zero attached hydrogens (tertiary/aromatic N) is 2. The summed E-state index contributed by atoms with van der Waals surface area (Å²) in [6, 6.07) is 0. The number of hydrogen-bond acceptors (Lipinski definition) is 5. The van der Waals surface area contributed by atoms with E-state index in [4.69, 9.17) is 9.84 Å². The molecule has 0 bridgehead atoms. The molecule has 1 aliphatic rings. The molecule has 0 aliphatic carbocycles. The lowest BCUT2D eigenvalue weighted by Gasteiger charge is -2.31. The molecule has 1 N–H and O–H groups in total. The molecular weight excluding hydrogens is 212 g/mol. The molecule has 1 fully saturated rings. The molecule has 1 aromatic rings. The van der Waals surface area contributed by atoms with Crippen LogP contribution in [0, 0.1) is 6.92 Å². The van der Waals surface area contributed by atoms with Gasteiger partial charge in [-0.3, -0.25) is 4.90 Å². The second kappa shape index (κ2) is 5.03. The Morgan fingerprint density at radius 1 is 1.73 bits per heavy atom. The van der Waals surface area contributed by atoms with Crippen LogP contribution in [0.1, 0.15) is 10.7 Å². The van der Waals surface area contributed by atoms with Crippen molar-refractivity contribution in [1.29, 1.82) is 0 Å². The number of thiazole rings is 1. The Balaban J connectivity index is 1.88. The van der Waals surface area contributed by atoms with Gasteiger partial charge in [-0.25, -0.2) is 4.98 Å². The van der Waals surface area contributed by atoms with Crippen molar-refractivity contribution < 1.29 is 9.84 Å². The summed E-state index contributed by atoms with van der Waals surface area (Å²) in [6.07, 6.45) is -0.0292. The van der Waals surface area contributed by atoms with Crippen LogP contribution in [0.4, 0.5) is 0 Å². The lowest BCUT2D eigenvalue weighted by Crippen LogP contribution is -2.43. The predicted octanol–water partition coefficient (Wildman–Crippen LogP) is 0.645. The highest BCUT2D eigenvalue weighted by atomic mass is 32.1. The number of hydrogen-bond donors (Lipinski definition) is 1. The van der Waals surface area contributed by atoms with Crippen molar-refractivity contribution in [2.24, 2.45) is 0 Å². The van der Waals surface area contributed by atoms with E-state index in [9.17, 15) is 0 Å². The van der Waals surface area contributed by atoms with Gasteiger partial charge in [0.15, 0.2) is 0 Å². The average Bonchev–Trinajstić information content (AvgIpc) is 2.64. The molecule has 1 unspecified atom stereocenters. The fraction of sp³-hybridized carbons (Fsp3) is 0.700. The van der Waals surface area contributed by atoms with E-state index in [0.29, 0.717) is 6.61 Å². The maximum absolute atomic E-state index is 9.01. The minimum absolute atomic E-state index is 0.0292. The summed E-state index contributed by atoms with van der Waals surface area (Å²) in [6.45, 7) is 5.41. The number of aryl methyl sites for hydroxylation is 1. The topological polar surface area (TPSA) is 45.6 Å². The molecule has 84 valence electrons. The SMILES string of the molecule is Cc1nc(CN2CCOC(CO)C2)cs1. The van der Waals surface area contributed by atoms with Crippen LogP contribution in [0.2, 0.25) is 0 Å². The zero-order valence-electron chi connectivity index (χ0n) is 8.85. The first-order chi connectivity index (χ1) is 7.28. The first-order valence-corrected chi connectivity index (χ1v) is 6.01. The molecule has 2 rings (SSSR count). The normalized spacial score (nSPS) is 23.2. The van der Waals surface area contributed by atoms with E-state index >= 15 is 0 Å². The maximum atomic E-state index is 9.01. The van der Waals surface area contributed by atoms with E-state index in [-0.39, 0.29) is 12.7 Å². The van der Waals surface area contributed by atoms with Crippen LogP contribution in [-0.4, -0.2) is 47.4 Å². The van der Waals surface area contributed by atoms with Gasteiger partial charge in [0, 0.05) is 25.0 Å². The standard InChI is InChI=1S/C10H16N2O2S/c1-8-11-9(7-15-8)4-12-2-3-14-10(5-12)6-13/h7,10,13H,2-6H2,1H3. The molecule has 5 heteroatoms. The second-order valence-corrected chi connectivity index (χ2v) is 4.83. The van der Waals surface area contributed by atoms with Crippen molar-refractivity contribution in [3.8, 4) is 0 Å². The first-order valence-electron chi connectivity index (χ1n) is 5.14. The Labute approximate surface area is 93.5 Å². The van der Waals surface area contributed by atoms with Gasteiger partial charge in [-0.1, -0.05) is 0 Å². The molecule has 1 saturated heterocycles. The van der Waals surface area contributed by atoms with Gasteiger partial charge < -0.3 is 9.84 Å². The summed E-state index contributed by atoms with van der Waals surface area (Å²) < 4.78 is 5.39. The average molecular weight is 228 g/mol. The Hall–Kier alpha value is -0.490. The molecule has 1 atom stereocenters. The third kappa shape index (κ3) is 2.98. The van der Waals surface area contributed by atoms with Gasteiger partial charge in [-0.2, -0.15) is 0 Å². The lowest BCUT2D eigenvalue weighted by molar-refractivity contribution is -0.0553. The minimum atomic E-state index is -0.0292. The number of morpholine rings is 1. The van der Waals surface area contributed by atoms with Gasteiger partial charge in [-0.15, -0.1) is 11.3 Å². The van der Waals surface area contributed by atoms with Gasteiger partial charge in [0.25, 0.3) is 0 Å². The monoisotopic (exact) mass is 228 g/mol. The first kappa shape index (κ1) is 11.0. The number of aromatic nitrogens is 1. The van der Waals surface area contributed by atoms with Crippen LogP contribution in [-0.2, 0) is 11.3 Å². The highest BCUT2D eigenvalue weighted by Gasteiger charge is 2.20. The molecular formula is C10H16N2O2S. The van der Waals surface area contributed by atoms with Crippen molar-refractivity contribution >= 4 is 11.3 Å². The Kier molecular flexibility index (Phi) is 3.69. The summed E-state index contributed by atoms with van der Waals surface area (Å²) in [7, 11) is 0. The maximum Gasteiger partial charge on any atom is 0.0933 e. The van der Waals surface area contributed by atoms with E-state index in [1.165, 1.54) is 0 Å². The summed E-state index contributed by atoms with van der Waals surface area (Å²) in [4.78, 5) is 6.71. The Bertz CT molecular complexity index is 316. The summed E-state index contributed by atoms with van der Waals surface area (Å²) in [5.41, 5.74) is 1.12. The van der Waals surface area contributed by atoms with Crippen LogP contribution in [0.3, 0.4) is 0 Å². The Morgan fingerprint density at radius 2 is 2.60 bits per heavy atom. The molecule has 1 aromatic heterocycles. The van der Waals surface area contributed by atoms with Crippen molar-refractivity contribution in [2.75, 3.05) is 26.3 Å². The van der Waals surface area contributed by atoms with Crippen LogP contribution in [0.25, 0.3) is 0 Å². The van der Waals surface area contributed by atoms with Gasteiger partial charge in [0.2, 0.25) is 0 Å². The van der Waals surface area contributed by atoms with Crippen LogP contribution in [0.5, 0.6) is 0 Å². The lowest BCUT2D eigenvalue weighted by atomic mass is 10.2. The molecule has 15 heavy (non-hydrogen) atoms. The van der Waals surface area contributed by atoms with Gasteiger partial charge in [0.05, 0.1) is 30.0 Å². The van der Waals surface area contributed by atoms with Gasteiger partial charge in [0.1, 0.15) is 0 Å². The number of aliphatic hydroxyl groups excluding tert-OH is 1. The zero-order chi connectivity index (χ0) is 10.7. The fourth-order valence-corrected chi connectivity index (χ4v) is 2.35. The quantitative estimate of drug-likeness (QED) is 0.825. The molecule has 2 heterocycles. The van der Waals surface area contributed by atoms with Crippen molar-refractivity contribution in [2.45, 2.75) is 19.6 Å². The molecule has 4 nitrogen and oxygen atoms in total. The molecule has 0 amide bonds. The summed E-state index contributed by atoms with van der Waals surface area (Å²) in [5, 5.41) is 12.2. The van der Waals surface area contributed by atoms with Crippen LogP contribution < -0.4 is 0 Å². The van der Waals surface area contributed by atoms with Crippen molar-refractivity contribution in [1.82, 2.24) is 9.88 Å². The predicted molar refractivity (Wildman–Crippen MR) is 59.0 cm³/mol. The largest absolute Gasteiger partial charge is 0.394 e. The minimum Gasteiger partial charge on any atom is -0.394 e. The summed E-state index contributed by atoms with van der Waals surface area (Å²) in [5.74, 6) is 0. The highest BCUT2D eigenvalue weighted by molar-refractivity contribution is 7.09. The highest BCUT2D eigenvalue weighted by Crippen LogP contribution is 2.13. The molecule has 0 radical (unpaired) electrons. The molecule has 0 spiro atoms. The van der Waals surface area contributed by atoms with Gasteiger partial charge >= 0.3 is 0 Å². The summed E-state index contributed by atoms with van der Waals surface area (Å²) >= 11 is 1.68. The van der Waals surface area contributed by atoms with E-state index in [1.807, 2.05) is 6.92 Å².